The van der Waals surface area contributed by atoms with Gasteiger partial charge in [-0.2, -0.15) is 0 Å². The molecule has 8 fully saturated rings. The molecule has 15 rings (SSSR count). The molecule has 566 valence electrons. The molecule has 10 aliphatic carbocycles. The summed E-state index contributed by atoms with van der Waals surface area (Å²) in [5.41, 5.74) is 9.29. The Kier molecular flexibility index (Phi) is 62.0. The Morgan fingerprint density at radius 3 is 0.940 bits per heavy atom. The van der Waals surface area contributed by atoms with E-state index in [1.54, 1.807) is 26.8 Å². The van der Waals surface area contributed by atoms with Crippen LogP contribution in [0.2, 0.25) is 0 Å². The maximum absolute atomic E-state index is 9.00. The number of hydrogen-bond donors (Lipinski definition) is 2. The van der Waals surface area contributed by atoms with Gasteiger partial charge in [0.05, 0.1) is 12.2 Å². The minimum absolute atomic E-state index is 0. The molecule has 0 radical (unpaired) electrons. The van der Waals surface area contributed by atoms with Crippen LogP contribution in [0.5, 0.6) is 0 Å². The van der Waals surface area contributed by atoms with Crippen LogP contribution in [0.4, 0.5) is 0 Å². The van der Waals surface area contributed by atoms with E-state index < -0.39 is 0 Å². The number of aliphatic hydroxyl groups is 2. The quantitative estimate of drug-likeness (QED) is 0.131. The maximum Gasteiger partial charge on any atom is 0.0565 e. The Hall–Kier alpha value is 2.26. The Labute approximate surface area is 744 Å². The predicted octanol–water partition coefficient (Wildman–Crippen LogP) is 25.4. The maximum atomic E-state index is 9.00. The van der Waals surface area contributed by atoms with Crippen LogP contribution in [0, 0.1) is 207 Å². The van der Waals surface area contributed by atoms with Crippen LogP contribution in [0.3, 0.4) is 0 Å². The number of benzene rings is 5. The largest absolute Gasteiger partial charge is 0.393 e. The number of hydrogen-bond acceptors (Lipinski definition) is 2. The van der Waals surface area contributed by atoms with Gasteiger partial charge in [0, 0.05) is 151 Å². The van der Waals surface area contributed by atoms with Gasteiger partial charge in [-0.3, -0.25) is 0 Å². The summed E-state index contributed by atoms with van der Waals surface area (Å²) in [4.78, 5) is 0. The van der Waals surface area contributed by atoms with Gasteiger partial charge in [0.15, 0.2) is 0 Å². The molecule has 100 heavy (non-hydrogen) atoms. The van der Waals surface area contributed by atoms with E-state index in [1.165, 1.54) is 216 Å². The van der Waals surface area contributed by atoms with E-state index in [0.29, 0.717) is 5.92 Å². The number of rotatable bonds is 6. The van der Waals surface area contributed by atoms with Crippen molar-refractivity contribution in [1.29, 1.82) is 0 Å². The van der Waals surface area contributed by atoms with Crippen molar-refractivity contribution in [2.24, 2.45) is 35.5 Å². The summed E-state index contributed by atoms with van der Waals surface area (Å²) in [6, 6.07) is 51.1. The fourth-order valence-electron chi connectivity index (χ4n) is 15.4. The molecule has 0 spiro atoms. The Morgan fingerprint density at radius 1 is 0.340 bits per heavy atom. The normalized spacial score (nSPS) is 23.9. The Bertz CT molecular complexity index is 2510. The third kappa shape index (κ3) is 43.8. The minimum atomic E-state index is -0.191. The van der Waals surface area contributed by atoms with Gasteiger partial charge in [0.25, 0.3) is 0 Å². The van der Waals surface area contributed by atoms with Crippen LogP contribution in [0.15, 0.2) is 163 Å². The van der Waals surface area contributed by atoms with Gasteiger partial charge in [-0.25, -0.2) is 0 Å². The SMILES string of the molecule is C1=CCCC1.CC1=CCCC1.CC1CCCC1.CC1CCCC1P.CC1CCCC1P(c1ccccc1)c1ccccc1.C[C@H]1CCC[C@@H]1C.C[C@H]1CCC[C@@H]1O.Cc1cc(C)cc(C)c1.OC1CCCC1.PC1CCCC1.[Ar].[Ar].[Ar].[Ar].c1ccc(P(c2ccccc2)C2CCCC2)cc1. The van der Waals surface area contributed by atoms with Gasteiger partial charge in [-0.15, -0.1) is 18.5 Å². The van der Waals surface area contributed by atoms with Gasteiger partial charge < -0.3 is 10.2 Å². The van der Waals surface area contributed by atoms with Crippen LogP contribution in [-0.4, -0.2) is 45.1 Å². The molecule has 2 nitrogen and oxygen atoms in total. The second-order valence-electron chi connectivity index (χ2n) is 30.8. The van der Waals surface area contributed by atoms with Crippen LogP contribution < -0.4 is 21.2 Å². The molecule has 10 aliphatic rings. The van der Waals surface area contributed by atoms with Gasteiger partial charge in [-0.1, -0.05) is 337 Å². The summed E-state index contributed by atoms with van der Waals surface area (Å²) in [5, 5.41) is 23.9. The monoisotopic (exact) mass is 1540 g/mol. The van der Waals surface area contributed by atoms with E-state index in [4.69, 9.17) is 10.2 Å². The number of aliphatic hydroxyl groups excluding tert-OH is 2. The van der Waals surface area contributed by atoms with Crippen LogP contribution >= 0.6 is 34.3 Å². The summed E-state index contributed by atoms with van der Waals surface area (Å²) < 4.78 is 0. The molecule has 10 heteroatoms. The van der Waals surface area contributed by atoms with Crippen molar-refractivity contribution in [3.8, 4) is 0 Å². The van der Waals surface area contributed by atoms with Crippen LogP contribution in [0.25, 0.3) is 0 Å². The fraction of sp³-hybridized carbons (Fsp3) is 0.622. The van der Waals surface area contributed by atoms with E-state index in [1.807, 2.05) is 0 Å². The summed E-state index contributed by atoms with van der Waals surface area (Å²) in [7, 11) is 5.44. The molecule has 0 aliphatic heterocycles. The van der Waals surface area contributed by atoms with E-state index in [0.717, 1.165) is 71.5 Å². The third-order valence-electron chi connectivity index (χ3n) is 21.9. The molecular formula is C90H142Ar4O2P4. The summed E-state index contributed by atoms with van der Waals surface area (Å²) in [6.45, 7) is 22.5. The summed E-state index contributed by atoms with van der Waals surface area (Å²) in [5.74, 6) is 5.49. The second-order valence-corrected chi connectivity index (χ2v) is 37.5. The van der Waals surface area contributed by atoms with Crippen LogP contribution in [-0.2, 0) is 0 Å². The topological polar surface area (TPSA) is 40.5 Å². The molecule has 5 aromatic rings. The van der Waals surface area contributed by atoms with Gasteiger partial charge in [0.2, 0.25) is 0 Å². The smallest absolute Gasteiger partial charge is 0.0565 e. The van der Waals surface area contributed by atoms with E-state index in [2.05, 4.69) is 245 Å². The van der Waals surface area contributed by atoms with E-state index >= 15 is 0 Å². The van der Waals surface area contributed by atoms with E-state index in [9.17, 15) is 0 Å². The molecule has 0 bridgehead atoms. The van der Waals surface area contributed by atoms with Crippen LogP contribution in [0.1, 0.15) is 283 Å². The first-order valence-electron chi connectivity index (χ1n) is 39.5. The molecule has 8 saturated carbocycles. The molecule has 5 aromatic carbocycles. The van der Waals surface area contributed by atoms with Crippen molar-refractivity contribution in [2.45, 2.75) is 322 Å². The Balaban J connectivity index is 0.000000568. The third-order valence-corrected chi connectivity index (χ3v) is 29.7. The van der Waals surface area contributed by atoms with Crippen molar-refractivity contribution in [3.63, 3.8) is 0 Å². The zero-order chi connectivity index (χ0) is 69.1. The molecule has 0 amide bonds. The van der Waals surface area contributed by atoms with Crippen molar-refractivity contribution >= 4 is 55.5 Å². The molecule has 6 unspecified atom stereocenters. The van der Waals surface area contributed by atoms with Crippen molar-refractivity contribution in [2.75, 3.05) is 0 Å². The molecule has 0 aromatic heterocycles. The van der Waals surface area contributed by atoms with Gasteiger partial charge in [-0.05, 0) is 226 Å². The molecular weight excluding hydrogens is 1400 g/mol. The van der Waals surface area contributed by atoms with Crippen molar-refractivity contribution in [1.82, 2.24) is 0 Å². The second kappa shape index (κ2) is 61.9. The standard InChI is InChI=1S/C18H21P.C17H19P.C9H12.C7H14.C6H12O.C6H13P.C6H12.C6H10.C5H10O.C5H11P.C5H8.4Ar/c1-15-9-8-14-18(15)19(16-10-4-2-5-11-16)17-12-6-3-7-13-17;1-3-9-15(10-4-1)18(17-13-7-8-14-17)16-11-5-2-6-12-16;1-7-4-8(2)6-9(3)5-7;1-6-4-3-5-7(6)2;2*1-5-3-2-4-6(5)7;2*1-6-4-2-3-5-6;2*6-5-3-1-2-4-5;1-2-4-5-3-1;;;;/h2-7,10-13,15,18H,8-9,14H2,1H3;1-6,9-12,17H,7-8,13-14H2;4-6H,1-3H3;6-7H,3-5H2,1-2H3;5-7H,2-4H2,1H3;5-6H,2-4,7H2,1H3;6H,2-5H2,1H3;4H,2-3,5H2,1H3;5-6H,1-4H2;5H,1-4,6H2;1-2H,3-5H2;;;;/t;;;6-,7-;5-,6-;;;;;;;;;;/m...00........../s1. The zero-order valence-electron chi connectivity index (χ0n) is 64.3. The summed E-state index contributed by atoms with van der Waals surface area (Å²) in [6.07, 6.45) is 53.4. The first-order chi connectivity index (χ1) is 46.5. The fourth-order valence-corrected chi connectivity index (χ4v) is 22.4. The molecule has 2 N–H and O–H groups in total. The molecule has 0 heterocycles. The van der Waals surface area contributed by atoms with Crippen molar-refractivity contribution in [3.05, 3.63) is 180 Å². The van der Waals surface area contributed by atoms with Gasteiger partial charge in [0.1, 0.15) is 0 Å². The van der Waals surface area contributed by atoms with Gasteiger partial charge >= 0.3 is 0 Å². The predicted molar refractivity (Wildman–Crippen MR) is 440 cm³/mol. The number of aryl methyl sites for hydroxylation is 3. The average Bonchev–Trinajstić information content (AvgIpc) is 1.39. The Morgan fingerprint density at radius 2 is 0.710 bits per heavy atom. The first kappa shape index (κ1) is 100. The number of allylic oxidation sites excluding steroid dienone is 4. The molecule has 10 atom stereocenters. The average molecular weight is 1540 g/mol. The summed E-state index contributed by atoms with van der Waals surface area (Å²) >= 11 is 0. The zero-order valence-corrected chi connectivity index (χ0v) is 71.3. The first-order valence-corrected chi connectivity index (χ1v) is 43.7. The molecule has 0 saturated heterocycles. The minimum Gasteiger partial charge on any atom is -0.393 e. The van der Waals surface area contributed by atoms with E-state index in [-0.39, 0.29) is 179 Å². The van der Waals surface area contributed by atoms with Crippen molar-refractivity contribution < 1.29 is 161 Å².